The van der Waals surface area contributed by atoms with Crippen molar-refractivity contribution in [1.82, 2.24) is 4.98 Å². The zero-order chi connectivity index (χ0) is 12.1. The Morgan fingerprint density at radius 3 is 3.06 bits per heavy atom. The van der Waals surface area contributed by atoms with Gasteiger partial charge in [0.05, 0.1) is 10.7 Å². The summed E-state index contributed by atoms with van der Waals surface area (Å²) in [7, 11) is 0. The molecular formula is C13H13NOS2. The molecule has 0 aliphatic carbocycles. The molecule has 0 radical (unpaired) electrons. The smallest absolute Gasteiger partial charge is 0.150 e. The van der Waals surface area contributed by atoms with E-state index in [0.717, 1.165) is 34.6 Å². The molecule has 0 saturated heterocycles. The molecule has 4 heteroatoms. The van der Waals surface area contributed by atoms with Gasteiger partial charge in [-0.1, -0.05) is 19.1 Å². The second-order valence-corrected chi connectivity index (χ2v) is 5.56. The van der Waals surface area contributed by atoms with Crippen LogP contribution in [-0.4, -0.2) is 11.3 Å². The predicted molar refractivity (Wildman–Crippen MR) is 72.9 cm³/mol. The van der Waals surface area contributed by atoms with Crippen molar-refractivity contribution in [1.29, 1.82) is 0 Å². The minimum Gasteiger partial charge on any atom is -0.298 e. The molecule has 0 aliphatic rings. The number of carbonyl (C=O) groups is 1. The molecule has 1 aromatic heterocycles. The first-order chi connectivity index (χ1) is 8.31. The van der Waals surface area contributed by atoms with Crippen LogP contribution in [0.3, 0.4) is 0 Å². The maximum atomic E-state index is 10.7. The molecule has 0 N–H and O–H groups in total. The van der Waals surface area contributed by atoms with Crippen molar-refractivity contribution in [2.45, 2.75) is 24.0 Å². The third kappa shape index (κ3) is 3.41. The van der Waals surface area contributed by atoms with E-state index in [1.165, 1.54) is 5.01 Å². The van der Waals surface area contributed by atoms with E-state index in [-0.39, 0.29) is 0 Å². The fourth-order valence-electron chi connectivity index (χ4n) is 1.41. The topological polar surface area (TPSA) is 30.0 Å². The Kier molecular flexibility index (Phi) is 4.34. The molecule has 88 valence electrons. The first-order valence-corrected chi connectivity index (χ1v) is 7.29. The molecule has 2 rings (SSSR count). The Labute approximate surface area is 109 Å². The maximum absolute atomic E-state index is 10.7. The summed E-state index contributed by atoms with van der Waals surface area (Å²) in [5, 5.41) is 3.29. The zero-order valence-corrected chi connectivity index (χ0v) is 11.2. The van der Waals surface area contributed by atoms with Crippen LogP contribution in [0.1, 0.15) is 28.0 Å². The van der Waals surface area contributed by atoms with Gasteiger partial charge >= 0.3 is 0 Å². The van der Waals surface area contributed by atoms with Crippen LogP contribution < -0.4 is 0 Å². The van der Waals surface area contributed by atoms with Gasteiger partial charge in [0.25, 0.3) is 0 Å². The highest BCUT2D eigenvalue weighted by Gasteiger charge is 2.02. The lowest BCUT2D eigenvalue weighted by atomic mass is 10.2. The van der Waals surface area contributed by atoms with Crippen molar-refractivity contribution in [3.8, 4) is 0 Å². The summed E-state index contributed by atoms with van der Waals surface area (Å²) in [6.07, 6.45) is 1.87. The average molecular weight is 263 g/mol. The molecule has 0 aliphatic heterocycles. The van der Waals surface area contributed by atoms with E-state index in [0.29, 0.717) is 0 Å². The summed E-state index contributed by atoms with van der Waals surface area (Å²) >= 11 is 3.42. The van der Waals surface area contributed by atoms with Crippen molar-refractivity contribution in [2.75, 3.05) is 0 Å². The molecule has 1 aromatic carbocycles. The molecule has 0 bridgehead atoms. The van der Waals surface area contributed by atoms with Gasteiger partial charge in [-0.3, -0.25) is 4.79 Å². The fraction of sp³-hybridized carbons (Fsp3) is 0.231. The van der Waals surface area contributed by atoms with E-state index in [4.69, 9.17) is 0 Å². The molecule has 0 unspecified atom stereocenters. The van der Waals surface area contributed by atoms with Crippen molar-refractivity contribution < 1.29 is 4.79 Å². The predicted octanol–water partition coefficient (Wildman–Crippen LogP) is 3.81. The number of hydrogen-bond donors (Lipinski definition) is 0. The molecular weight excluding hydrogens is 250 g/mol. The Morgan fingerprint density at radius 1 is 1.47 bits per heavy atom. The summed E-state index contributed by atoms with van der Waals surface area (Å²) in [6, 6.07) is 7.65. The van der Waals surface area contributed by atoms with Gasteiger partial charge in [-0.15, -0.1) is 23.1 Å². The Hall–Kier alpha value is -1.13. The molecule has 0 spiro atoms. The third-order valence-corrected chi connectivity index (χ3v) is 4.35. The lowest BCUT2D eigenvalue weighted by Crippen LogP contribution is -1.84. The molecule has 0 atom stereocenters. The van der Waals surface area contributed by atoms with Crippen molar-refractivity contribution >= 4 is 29.4 Å². The van der Waals surface area contributed by atoms with Crippen molar-refractivity contribution in [3.05, 3.63) is 45.9 Å². The van der Waals surface area contributed by atoms with Gasteiger partial charge in [0.1, 0.15) is 6.29 Å². The minimum atomic E-state index is 0.725. The van der Waals surface area contributed by atoms with E-state index in [1.807, 2.05) is 24.3 Å². The normalized spacial score (nSPS) is 10.4. The van der Waals surface area contributed by atoms with Crippen LogP contribution >= 0.6 is 23.1 Å². The van der Waals surface area contributed by atoms with Crippen LogP contribution in [-0.2, 0) is 12.2 Å². The van der Waals surface area contributed by atoms with Crippen LogP contribution in [0.25, 0.3) is 0 Å². The fourth-order valence-corrected chi connectivity index (χ4v) is 3.12. The average Bonchev–Trinajstić information content (AvgIpc) is 2.84. The largest absolute Gasteiger partial charge is 0.298 e. The van der Waals surface area contributed by atoms with Gasteiger partial charge in [-0.05, 0) is 18.6 Å². The van der Waals surface area contributed by atoms with Gasteiger partial charge < -0.3 is 0 Å². The number of rotatable bonds is 5. The summed E-state index contributed by atoms with van der Waals surface area (Å²) in [6.45, 7) is 2.11. The summed E-state index contributed by atoms with van der Waals surface area (Å²) in [5.74, 6) is 0.860. The van der Waals surface area contributed by atoms with Crippen molar-refractivity contribution in [2.24, 2.45) is 0 Å². The number of aromatic nitrogens is 1. The van der Waals surface area contributed by atoms with E-state index in [9.17, 15) is 4.79 Å². The molecule has 1 heterocycles. The lowest BCUT2D eigenvalue weighted by Gasteiger charge is -1.99. The van der Waals surface area contributed by atoms with E-state index in [1.54, 1.807) is 23.1 Å². The first-order valence-electron chi connectivity index (χ1n) is 5.43. The number of thioether (sulfide) groups is 1. The van der Waals surface area contributed by atoms with Crippen LogP contribution in [0.5, 0.6) is 0 Å². The number of nitrogens with zero attached hydrogens (tertiary/aromatic N) is 1. The number of aryl methyl sites for hydroxylation is 1. The maximum Gasteiger partial charge on any atom is 0.150 e. The SMILES string of the molecule is CCc1nc(CSc2cccc(C=O)c2)cs1. The van der Waals surface area contributed by atoms with Gasteiger partial charge in [0.15, 0.2) is 0 Å². The molecule has 17 heavy (non-hydrogen) atoms. The first kappa shape index (κ1) is 12.3. The zero-order valence-electron chi connectivity index (χ0n) is 9.55. The van der Waals surface area contributed by atoms with E-state index < -0.39 is 0 Å². The molecule has 0 amide bonds. The molecule has 2 nitrogen and oxygen atoms in total. The van der Waals surface area contributed by atoms with E-state index >= 15 is 0 Å². The van der Waals surface area contributed by atoms with Crippen molar-refractivity contribution in [3.63, 3.8) is 0 Å². The van der Waals surface area contributed by atoms with Crippen LogP contribution in [0.2, 0.25) is 0 Å². The lowest BCUT2D eigenvalue weighted by molar-refractivity contribution is 0.112. The highest BCUT2D eigenvalue weighted by molar-refractivity contribution is 7.98. The Bertz CT molecular complexity index is 508. The molecule has 2 aromatic rings. The number of carbonyl (C=O) groups excluding carboxylic acids is 1. The summed E-state index contributed by atoms with van der Waals surface area (Å²) in [4.78, 5) is 16.3. The monoisotopic (exact) mass is 263 g/mol. The standard InChI is InChI=1S/C13H13NOS2/c1-2-13-14-11(9-17-13)8-16-12-5-3-4-10(6-12)7-15/h3-7,9H,2,8H2,1H3. The second-order valence-electron chi connectivity index (χ2n) is 3.57. The Balaban J connectivity index is 1.99. The van der Waals surface area contributed by atoms with Gasteiger partial charge in [-0.2, -0.15) is 0 Å². The van der Waals surface area contributed by atoms with Gasteiger partial charge in [-0.25, -0.2) is 4.98 Å². The molecule has 0 fully saturated rings. The molecule has 0 saturated carbocycles. The van der Waals surface area contributed by atoms with Crippen LogP contribution in [0, 0.1) is 0 Å². The highest BCUT2D eigenvalue weighted by Crippen LogP contribution is 2.24. The number of thiazole rings is 1. The van der Waals surface area contributed by atoms with E-state index in [2.05, 4.69) is 17.3 Å². The van der Waals surface area contributed by atoms with Gasteiger partial charge in [0, 0.05) is 21.6 Å². The minimum absolute atomic E-state index is 0.725. The Morgan fingerprint density at radius 2 is 2.35 bits per heavy atom. The quantitative estimate of drug-likeness (QED) is 0.607. The van der Waals surface area contributed by atoms with Crippen LogP contribution in [0.4, 0.5) is 0 Å². The number of benzene rings is 1. The van der Waals surface area contributed by atoms with Crippen LogP contribution in [0.15, 0.2) is 34.5 Å². The second kappa shape index (κ2) is 5.98. The third-order valence-electron chi connectivity index (χ3n) is 2.28. The summed E-state index contributed by atoms with van der Waals surface area (Å²) < 4.78 is 0. The number of aldehydes is 1. The number of hydrogen-bond acceptors (Lipinski definition) is 4. The summed E-state index contributed by atoms with van der Waals surface area (Å²) in [5.41, 5.74) is 1.84. The highest BCUT2D eigenvalue weighted by atomic mass is 32.2. The van der Waals surface area contributed by atoms with Gasteiger partial charge in [0.2, 0.25) is 0 Å².